The lowest BCUT2D eigenvalue weighted by Gasteiger charge is -2.27. The molecule has 1 aliphatic rings. The zero-order chi connectivity index (χ0) is 19.9. The highest BCUT2D eigenvalue weighted by molar-refractivity contribution is 14.0. The van der Waals surface area contributed by atoms with Gasteiger partial charge in [-0.05, 0) is 55.8 Å². The molecule has 2 aromatic carbocycles. The molecule has 3 N–H and O–H groups in total. The first-order chi connectivity index (χ1) is 13.6. The Morgan fingerprint density at radius 1 is 1.17 bits per heavy atom. The van der Waals surface area contributed by atoms with Gasteiger partial charge < -0.3 is 20.5 Å². The van der Waals surface area contributed by atoms with Gasteiger partial charge in [0.15, 0.2) is 5.96 Å². The van der Waals surface area contributed by atoms with E-state index < -0.39 is 0 Å². The Morgan fingerprint density at radius 2 is 1.93 bits per heavy atom. The molecule has 1 fully saturated rings. The molecule has 1 unspecified atom stereocenters. The summed E-state index contributed by atoms with van der Waals surface area (Å²) in [6, 6.07) is 13.6. The van der Waals surface area contributed by atoms with E-state index in [4.69, 9.17) is 26.8 Å². The van der Waals surface area contributed by atoms with Gasteiger partial charge in [0.2, 0.25) is 0 Å². The van der Waals surface area contributed by atoms with Gasteiger partial charge in [-0.1, -0.05) is 23.7 Å². The number of rotatable bonds is 7. The van der Waals surface area contributed by atoms with E-state index >= 15 is 0 Å². The van der Waals surface area contributed by atoms with Gasteiger partial charge in [-0.3, -0.25) is 9.89 Å². The van der Waals surface area contributed by atoms with Gasteiger partial charge in [-0.25, -0.2) is 0 Å². The number of hydrogen-bond donors (Lipinski definition) is 2. The summed E-state index contributed by atoms with van der Waals surface area (Å²) >= 11 is 6.21. The predicted octanol–water partition coefficient (Wildman–Crippen LogP) is 4.54. The molecule has 1 saturated heterocycles. The fourth-order valence-corrected chi connectivity index (χ4v) is 3.67. The van der Waals surface area contributed by atoms with E-state index in [1.165, 1.54) is 12.8 Å². The number of methoxy groups -OCH3 is 2. The maximum absolute atomic E-state index is 6.21. The molecule has 6 nitrogen and oxygen atoms in total. The topological polar surface area (TPSA) is 72.1 Å². The van der Waals surface area contributed by atoms with Gasteiger partial charge in [0, 0.05) is 11.1 Å². The van der Waals surface area contributed by atoms with Crippen LogP contribution >= 0.6 is 35.6 Å². The quantitative estimate of drug-likeness (QED) is 0.312. The lowest BCUT2D eigenvalue weighted by atomic mass is 10.1. The molecule has 158 valence electrons. The first-order valence-electron chi connectivity index (χ1n) is 9.39. The smallest absolute Gasteiger partial charge is 0.193 e. The van der Waals surface area contributed by atoms with Gasteiger partial charge >= 0.3 is 0 Å². The van der Waals surface area contributed by atoms with Gasteiger partial charge in [-0.2, -0.15) is 0 Å². The Bertz CT molecular complexity index is 828. The van der Waals surface area contributed by atoms with E-state index in [0.717, 1.165) is 23.7 Å². The van der Waals surface area contributed by atoms with Crippen molar-refractivity contribution >= 4 is 47.2 Å². The summed E-state index contributed by atoms with van der Waals surface area (Å²) in [5.41, 5.74) is 8.04. The number of nitrogens with zero attached hydrogens (tertiary/aromatic N) is 2. The fourth-order valence-electron chi connectivity index (χ4n) is 3.47. The highest BCUT2D eigenvalue weighted by Gasteiger charge is 2.23. The second-order valence-electron chi connectivity index (χ2n) is 6.73. The van der Waals surface area contributed by atoms with Crippen LogP contribution in [0.4, 0.5) is 5.69 Å². The summed E-state index contributed by atoms with van der Waals surface area (Å²) in [5, 5.41) is 3.86. The molecule has 1 heterocycles. The van der Waals surface area contributed by atoms with Crippen molar-refractivity contribution in [2.24, 2.45) is 10.7 Å². The molecule has 2 aromatic rings. The van der Waals surface area contributed by atoms with Crippen LogP contribution in [0.15, 0.2) is 47.5 Å². The molecule has 0 spiro atoms. The Morgan fingerprint density at radius 3 is 2.59 bits per heavy atom. The third-order valence-electron chi connectivity index (χ3n) is 4.92. The highest BCUT2D eigenvalue weighted by Crippen LogP contribution is 2.29. The van der Waals surface area contributed by atoms with E-state index in [0.29, 0.717) is 29.7 Å². The first kappa shape index (κ1) is 23.6. The molecular formula is C21H28ClIN4O2. The van der Waals surface area contributed by atoms with E-state index in [2.05, 4.69) is 21.3 Å². The Labute approximate surface area is 194 Å². The second-order valence-corrected chi connectivity index (χ2v) is 7.17. The molecule has 8 heteroatoms. The van der Waals surface area contributed by atoms with Crippen LogP contribution in [0, 0.1) is 0 Å². The number of nitrogens with two attached hydrogens (primary N) is 1. The summed E-state index contributed by atoms with van der Waals surface area (Å²) in [6.07, 6.45) is 2.41. The molecule has 3 rings (SSSR count). The number of benzene rings is 2. The summed E-state index contributed by atoms with van der Waals surface area (Å²) in [7, 11) is 3.23. The van der Waals surface area contributed by atoms with Gasteiger partial charge in [-0.15, -0.1) is 24.0 Å². The van der Waals surface area contributed by atoms with Crippen LogP contribution in [0.5, 0.6) is 11.5 Å². The van der Waals surface area contributed by atoms with Crippen molar-refractivity contribution < 1.29 is 9.47 Å². The fraction of sp³-hybridized carbons (Fsp3) is 0.381. The third-order valence-corrected chi connectivity index (χ3v) is 5.15. The number of aliphatic imine (C=N–C) groups is 1. The number of hydrogen-bond acceptors (Lipinski definition) is 4. The van der Waals surface area contributed by atoms with Crippen LogP contribution < -0.4 is 20.5 Å². The lowest BCUT2D eigenvalue weighted by Crippen LogP contribution is -2.30. The van der Waals surface area contributed by atoms with Crippen LogP contribution in [0.1, 0.15) is 24.4 Å². The summed E-state index contributed by atoms with van der Waals surface area (Å²) in [5.74, 6) is 1.72. The molecule has 0 amide bonds. The molecule has 29 heavy (non-hydrogen) atoms. The zero-order valence-electron chi connectivity index (χ0n) is 16.7. The van der Waals surface area contributed by atoms with Crippen molar-refractivity contribution in [3.8, 4) is 11.5 Å². The van der Waals surface area contributed by atoms with Crippen molar-refractivity contribution in [1.29, 1.82) is 0 Å². The lowest BCUT2D eigenvalue weighted by molar-refractivity contribution is 0.252. The van der Waals surface area contributed by atoms with Crippen LogP contribution in [0.25, 0.3) is 0 Å². The number of nitrogens with one attached hydrogen (secondary N) is 1. The third kappa shape index (κ3) is 6.38. The molecule has 0 radical (unpaired) electrons. The van der Waals surface area contributed by atoms with Crippen molar-refractivity contribution in [3.63, 3.8) is 0 Å². The highest BCUT2D eigenvalue weighted by atomic mass is 127. The maximum atomic E-state index is 6.21. The molecule has 1 aliphatic heterocycles. The Hall–Kier alpha value is -1.71. The molecular weight excluding hydrogens is 503 g/mol. The molecule has 1 atom stereocenters. The van der Waals surface area contributed by atoms with Crippen LogP contribution in [0.3, 0.4) is 0 Å². The number of halogens is 2. The average Bonchev–Trinajstić information content (AvgIpc) is 3.22. The summed E-state index contributed by atoms with van der Waals surface area (Å²) in [6.45, 7) is 2.67. The second kappa shape index (κ2) is 11.5. The van der Waals surface area contributed by atoms with E-state index in [9.17, 15) is 0 Å². The van der Waals surface area contributed by atoms with Crippen LogP contribution in [0.2, 0.25) is 5.02 Å². The SMILES string of the molecule is COc1ccc(OC)c(NC(N)=NCC(c2cccc(Cl)c2)N2CCCC2)c1.I. The van der Waals surface area contributed by atoms with Crippen molar-refractivity contribution in [2.75, 3.05) is 39.2 Å². The van der Waals surface area contributed by atoms with Crippen LogP contribution in [-0.2, 0) is 0 Å². The van der Waals surface area contributed by atoms with Crippen molar-refractivity contribution in [2.45, 2.75) is 18.9 Å². The largest absolute Gasteiger partial charge is 0.497 e. The number of ether oxygens (including phenoxy) is 2. The monoisotopic (exact) mass is 530 g/mol. The van der Waals surface area contributed by atoms with Crippen molar-refractivity contribution in [1.82, 2.24) is 4.90 Å². The summed E-state index contributed by atoms with van der Waals surface area (Å²) < 4.78 is 10.7. The first-order valence-corrected chi connectivity index (χ1v) is 9.77. The molecule has 0 saturated carbocycles. The zero-order valence-corrected chi connectivity index (χ0v) is 19.8. The summed E-state index contributed by atoms with van der Waals surface area (Å²) in [4.78, 5) is 7.04. The van der Waals surface area contributed by atoms with Gasteiger partial charge in [0.1, 0.15) is 11.5 Å². The van der Waals surface area contributed by atoms with E-state index in [1.807, 2.05) is 36.4 Å². The molecule has 0 bridgehead atoms. The minimum Gasteiger partial charge on any atom is -0.497 e. The van der Waals surface area contributed by atoms with Gasteiger partial charge in [0.05, 0.1) is 32.5 Å². The maximum Gasteiger partial charge on any atom is 0.193 e. The molecule has 0 aliphatic carbocycles. The van der Waals surface area contributed by atoms with E-state index in [1.54, 1.807) is 14.2 Å². The number of guanidine groups is 1. The van der Waals surface area contributed by atoms with Crippen LogP contribution in [-0.4, -0.2) is 44.7 Å². The van der Waals surface area contributed by atoms with E-state index in [-0.39, 0.29) is 30.0 Å². The minimum absolute atomic E-state index is 0. The Kier molecular flexibility index (Phi) is 9.32. The number of anilines is 1. The molecule has 0 aromatic heterocycles. The minimum atomic E-state index is 0. The normalized spacial score (nSPS) is 15.5. The van der Waals surface area contributed by atoms with Crippen molar-refractivity contribution in [3.05, 3.63) is 53.1 Å². The number of likely N-dealkylation sites (tertiary alicyclic amines) is 1. The standard InChI is InChI=1S/C21H27ClN4O2.HI/c1-27-17-8-9-20(28-2)18(13-17)25-21(23)24-14-19(26-10-3-4-11-26)15-6-5-7-16(22)12-15;/h5-9,12-13,19H,3-4,10-11,14H2,1-2H3,(H3,23,24,25);1H. The van der Waals surface area contributed by atoms with Gasteiger partial charge in [0.25, 0.3) is 0 Å². The average molecular weight is 531 g/mol. The predicted molar refractivity (Wildman–Crippen MR) is 130 cm³/mol. The Balaban J connectivity index is 0.00000300.